The first-order valence-electron chi connectivity index (χ1n) is 6.52. The third kappa shape index (κ3) is 2.14. The van der Waals surface area contributed by atoms with Crippen LogP contribution in [0.1, 0.15) is 6.92 Å². The van der Waals surface area contributed by atoms with Gasteiger partial charge < -0.3 is 9.47 Å². The van der Waals surface area contributed by atoms with Crippen LogP contribution in [0.5, 0.6) is 11.5 Å². The van der Waals surface area contributed by atoms with E-state index >= 15 is 0 Å². The molecule has 0 aliphatic carbocycles. The van der Waals surface area contributed by atoms with E-state index in [0.29, 0.717) is 28.2 Å². The summed E-state index contributed by atoms with van der Waals surface area (Å²) in [5.74, 6) is 0.134. The predicted octanol–water partition coefficient (Wildman–Crippen LogP) is 3.96. The van der Waals surface area contributed by atoms with Gasteiger partial charge in [0.1, 0.15) is 5.82 Å². The van der Waals surface area contributed by atoms with E-state index in [9.17, 15) is 9.18 Å². The lowest BCUT2D eigenvalue weighted by Crippen LogP contribution is -2.06. The second-order valence-corrected chi connectivity index (χ2v) is 5.51. The third-order valence-corrected chi connectivity index (χ3v) is 4.40. The second-order valence-electron chi connectivity index (χ2n) is 4.45. The van der Waals surface area contributed by atoms with Crippen LogP contribution < -0.4 is 14.9 Å². The normalized spacial score (nSPS) is 11.0. The van der Waals surface area contributed by atoms with Crippen molar-refractivity contribution in [2.24, 2.45) is 0 Å². The van der Waals surface area contributed by atoms with E-state index in [1.807, 2.05) is 19.1 Å². The SMILES string of the molecule is CCOc1c(OC)cc(F)c2c(=O)c3ccccc3sc12. The van der Waals surface area contributed by atoms with Crippen molar-refractivity contribution in [1.29, 1.82) is 0 Å². The molecule has 3 aromatic rings. The molecule has 0 saturated heterocycles. The van der Waals surface area contributed by atoms with Crippen molar-refractivity contribution in [3.63, 3.8) is 0 Å². The molecule has 1 heterocycles. The Morgan fingerprint density at radius 3 is 2.76 bits per heavy atom. The van der Waals surface area contributed by atoms with Crippen molar-refractivity contribution in [3.8, 4) is 11.5 Å². The average Bonchev–Trinajstić information content (AvgIpc) is 2.50. The molecule has 5 heteroatoms. The van der Waals surface area contributed by atoms with Crippen molar-refractivity contribution in [2.45, 2.75) is 6.92 Å². The highest BCUT2D eigenvalue weighted by Gasteiger charge is 2.19. The second kappa shape index (κ2) is 5.33. The number of hydrogen-bond acceptors (Lipinski definition) is 4. The maximum atomic E-state index is 14.3. The Morgan fingerprint density at radius 2 is 2.05 bits per heavy atom. The molecule has 0 amide bonds. The summed E-state index contributed by atoms with van der Waals surface area (Å²) in [6.45, 7) is 2.24. The van der Waals surface area contributed by atoms with Crippen LogP contribution >= 0.6 is 11.3 Å². The summed E-state index contributed by atoms with van der Waals surface area (Å²) in [5, 5.41) is 0.574. The quantitative estimate of drug-likeness (QED) is 0.687. The summed E-state index contributed by atoms with van der Waals surface area (Å²) in [6.07, 6.45) is 0. The minimum atomic E-state index is -0.586. The standard InChI is InChI=1S/C16H13FO3S/c1-3-20-15-11(19-2)8-10(17)13-14(18)9-6-4-5-7-12(9)21-16(13)15/h4-8H,3H2,1-2H3. The molecule has 0 radical (unpaired) electrons. The molecule has 0 bridgehead atoms. The highest BCUT2D eigenvalue weighted by atomic mass is 32.1. The van der Waals surface area contributed by atoms with Gasteiger partial charge in [0.15, 0.2) is 16.9 Å². The van der Waals surface area contributed by atoms with Crippen molar-refractivity contribution in [1.82, 2.24) is 0 Å². The van der Waals surface area contributed by atoms with E-state index in [-0.39, 0.29) is 10.8 Å². The predicted molar refractivity (Wildman–Crippen MR) is 83.3 cm³/mol. The largest absolute Gasteiger partial charge is 0.493 e. The molecule has 0 unspecified atom stereocenters. The van der Waals surface area contributed by atoms with E-state index in [1.54, 1.807) is 12.1 Å². The Kier molecular flexibility index (Phi) is 3.51. The van der Waals surface area contributed by atoms with Gasteiger partial charge in [0.2, 0.25) is 0 Å². The summed E-state index contributed by atoms with van der Waals surface area (Å²) in [7, 11) is 1.45. The molecular weight excluding hydrogens is 291 g/mol. The van der Waals surface area contributed by atoms with Crippen LogP contribution in [0.15, 0.2) is 35.1 Å². The molecule has 2 aromatic carbocycles. The monoisotopic (exact) mass is 304 g/mol. The fourth-order valence-electron chi connectivity index (χ4n) is 2.32. The van der Waals surface area contributed by atoms with E-state index in [2.05, 4.69) is 0 Å². The number of halogens is 1. The number of methoxy groups -OCH3 is 1. The molecule has 0 atom stereocenters. The highest BCUT2D eigenvalue weighted by Crippen LogP contribution is 2.40. The van der Waals surface area contributed by atoms with E-state index in [1.165, 1.54) is 24.5 Å². The fraction of sp³-hybridized carbons (Fsp3) is 0.188. The first-order chi connectivity index (χ1) is 10.2. The first kappa shape index (κ1) is 13.8. The van der Waals surface area contributed by atoms with Crippen molar-refractivity contribution >= 4 is 31.5 Å². The molecule has 3 nitrogen and oxygen atoms in total. The van der Waals surface area contributed by atoms with Gasteiger partial charge in [-0.2, -0.15) is 0 Å². The number of hydrogen-bond donors (Lipinski definition) is 0. The molecule has 0 aliphatic heterocycles. The fourth-order valence-corrected chi connectivity index (χ4v) is 3.50. The third-order valence-electron chi connectivity index (χ3n) is 3.23. The van der Waals surface area contributed by atoms with Gasteiger partial charge in [0, 0.05) is 16.2 Å². The Morgan fingerprint density at radius 1 is 1.29 bits per heavy atom. The molecule has 0 spiro atoms. The van der Waals surface area contributed by atoms with Crippen LogP contribution in [0.4, 0.5) is 4.39 Å². The smallest absolute Gasteiger partial charge is 0.198 e. The molecule has 0 aliphatic rings. The highest BCUT2D eigenvalue weighted by molar-refractivity contribution is 7.24. The van der Waals surface area contributed by atoms with E-state index < -0.39 is 5.82 Å². The Balaban J connectivity index is 2.54. The summed E-state index contributed by atoms with van der Waals surface area (Å²) in [5.41, 5.74) is -0.319. The van der Waals surface area contributed by atoms with Gasteiger partial charge in [-0.15, -0.1) is 11.3 Å². The van der Waals surface area contributed by atoms with Crippen LogP contribution in [-0.2, 0) is 0 Å². The van der Waals surface area contributed by atoms with E-state index in [4.69, 9.17) is 9.47 Å². The molecule has 1 aromatic heterocycles. The topological polar surface area (TPSA) is 35.5 Å². The van der Waals surface area contributed by atoms with Crippen LogP contribution in [0.2, 0.25) is 0 Å². The first-order valence-corrected chi connectivity index (χ1v) is 7.33. The Bertz CT molecular complexity index is 886. The van der Waals surface area contributed by atoms with Crippen LogP contribution in [0, 0.1) is 5.82 Å². The van der Waals surface area contributed by atoms with Gasteiger partial charge in [-0.1, -0.05) is 12.1 Å². The zero-order valence-corrected chi connectivity index (χ0v) is 12.4. The molecule has 0 saturated carbocycles. The molecule has 0 fully saturated rings. The lowest BCUT2D eigenvalue weighted by Gasteiger charge is -2.13. The summed E-state index contributed by atoms with van der Waals surface area (Å²) in [6, 6.07) is 8.37. The number of ether oxygens (including phenoxy) is 2. The Labute approximate surface area is 124 Å². The molecule has 21 heavy (non-hydrogen) atoms. The number of benzene rings is 2. The lowest BCUT2D eigenvalue weighted by atomic mass is 10.1. The Hall–Kier alpha value is -2.14. The maximum absolute atomic E-state index is 14.3. The van der Waals surface area contributed by atoms with Crippen LogP contribution in [-0.4, -0.2) is 13.7 Å². The zero-order valence-electron chi connectivity index (χ0n) is 11.6. The van der Waals surface area contributed by atoms with Crippen molar-refractivity contribution in [3.05, 3.63) is 46.4 Å². The minimum absolute atomic E-state index is 0.0583. The van der Waals surface area contributed by atoms with Crippen molar-refractivity contribution < 1.29 is 13.9 Å². The van der Waals surface area contributed by atoms with Gasteiger partial charge in [-0.3, -0.25) is 4.79 Å². The number of fused-ring (bicyclic) bond motifs is 2. The van der Waals surface area contributed by atoms with E-state index in [0.717, 1.165) is 4.70 Å². The van der Waals surface area contributed by atoms with Crippen LogP contribution in [0.25, 0.3) is 20.2 Å². The van der Waals surface area contributed by atoms with Gasteiger partial charge in [0.25, 0.3) is 0 Å². The van der Waals surface area contributed by atoms with Gasteiger partial charge in [0.05, 0.1) is 23.8 Å². The van der Waals surface area contributed by atoms with Gasteiger partial charge >= 0.3 is 0 Å². The molecule has 108 valence electrons. The van der Waals surface area contributed by atoms with Gasteiger partial charge in [-0.05, 0) is 19.1 Å². The maximum Gasteiger partial charge on any atom is 0.198 e. The molecular formula is C16H13FO3S. The summed E-state index contributed by atoms with van der Waals surface area (Å²) >= 11 is 1.33. The zero-order chi connectivity index (χ0) is 15.0. The summed E-state index contributed by atoms with van der Waals surface area (Å²) in [4.78, 5) is 12.5. The number of rotatable bonds is 3. The minimum Gasteiger partial charge on any atom is -0.493 e. The lowest BCUT2D eigenvalue weighted by molar-refractivity contribution is 0.314. The van der Waals surface area contributed by atoms with Crippen LogP contribution in [0.3, 0.4) is 0 Å². The van der Waals surface area contributed by atoms with Gasteiger partial charge in [-0.25, -0.2) is 4.39 Å². The molecule has 0 N–H and O–H groups in total. The summed E-state index contributed by atoms with van der Waals surface area (Å²) < 4.78 is 26.4. The van der Waals surface area contributed by atoms with Crippen molar-refractivity contribution in [2.75, 3.05) is 13.7 Å². The average molecular weight is 304 g/mol. The molecule has 3 rings (SSSR count).